The highest BCUT2D eigenvalue weighted by molar-refractivity contribution is 7.88. The van der Waals surface area contributed by atoms with Gasteiger partial charge in [-0.05, 0) is 38.2 Å². The first-order valence-corrected chi connectivity index (χ1v) is 9.18. The van der Waals surface area contributed by atoms with Gasteiger partial charge in [0, 0.05) is 20.1 Å². The van der Waals surface area contributed by atoms with Crippen molar-refractivity contribution < 1.29 is 17.9 Å². The molecule has 0 spiro atoms. The molecule has 0 atom stereocenters. The number of hydrogen-bond acceptors (Lipinski definition) is 6. The molecule has 0 bridgehead atoms. The lowest BCUT2D eigenvalue weighted by atomic mass is 10.2. The smallest absolute Gasteiger partial charge is 0.351 e. The predicted octanol–water partition coefficient (Wildman–Crippen LogP) is 0.363. The largest absolute Gasteiger partial charge is 0.494 e. The van der Waals surface area contributed by atoms with Crippen LogP contribution in [0.1, 0.15) is 12.0 Å². The maximum atomic E-state index is 11.6. The molecule has 25 heavy (non-hydrogen) atoms. The number of rotatable bonds is 7. The Morgan fingerprint density at radius 1 is 1.36 bits per heavy atom. The zero-order valence-corrected chi connectivity index (χ0v) is 15.3. The summed E-state index contributed by atoms with van der Waals surface area (Å²) in [5.74, 6) is 0.711. The van der Waals surface area contributed by atoms with Crippen LogP contribution >= 0.6 is 0 Å². The van der Waals surface area contributed by atoms with Crippen LogP contribution in [0.15, 0.2) is 28.7 Å². The minimum absolute atomic E-state index is 0.0731. The van der Waals surface area contributed by atoms with Crippen molar-refractivity contribution in [3.63, 3.8) is 0 Å². The van der Waals surface area contributed by atoms with Gasteiger partial charge in [-0.25, -0.2) is 9.10 Å². The number of nitrogens with zero attached hydrogens (tertiary/aromatic N) is 3. The summed E-state index contributed by atoms with van der Waals surface area (Å²) < 4.78 is 32.9. The molecule has 0 radical (unpaired) electrons. The van der Waals surface area contributed by atoms with Crippen LogP contribution in [0.25, 0.3) is 0 Å². The van der Waals surface area contributed by atoms with E-state index in [1.165, 1.54) is 0 Å². The first-order valence-electron chi connectivity index (χ1n) is 7.78. The van der Waals surface area contributed by atoms with Crippen LogP contribution in [0.3, 0.4) is 0 Å². The van der Waals surface area contributed by atoms with E-state index in [0.717, 1.165) is 24.9 Å². The second-order valence-electron chi connectivity index (χ2n) is 5.83. The van der Waals surface area contributed by atoms with E-state index in [4.69, 9.17) is 4.74 Å². The number of benzene rings is 1. The minimum atomic E-state index is -3.95. The number of nitrogens with one attached hydrogen (secondary N) is 2. The van der Waals surface area contributed by atoms with Gasteiger partial charge in [-0.3, -0.25) is 5.32 Å². The van der Waals surface area contributed by atoms with E-state index >= 15 is 0 Å². The van der Waals surface area contributed by atoms with E-state index in [1.807, 2.05) is 38.4 Å². The van der Waals surface area contributed by atoms with Crippen molar-refractivity contribution in [2.75, 3.05) is 34.3 Å². The number of amides is 2. The van der Waals surface area contributed by atoms with Crippen LogP contribution in [0.5, 0.6) is 5.75 Å². The summed E-state index contributed by atoms with van der Waals surface area (Å²) in [6.45, 7) is 1.70. The van der Waals surface area contributed by atoms with Crippen LogP contribution in [0, 0.1) is 0 Å². The van der Waals surface area contributed by atoms with Crippen LogP contribution < -0.4 is 15.4 Å². The number of urea groups is 1. The van der Waals surface area contributed by atoms with Gasteiger partial charge < -0.3 is 15.0 Å². The molecule has 0 saturated carbocycles. The molecule has 1 heterocycles. The Bertz CT molecular complexity index is 748. The SMILES string of the molecule is CN(C)Cc1cccc(OCCCNC2=NS(=O)(=O)N(C)C(=O)N2)c1. The van der Waals surface area contributed by atoms with E-state index in [2.05, 4.69) is 19.9 Å². The van der Waals surface area contributed by atoms with Crippen LogP contribution in [-0.2, 0) is 16.8 Å². The molecule has 1 aliphatic heterocycles. The van der Waals surface area contributed by atoms with Crippen molar-refractivity contribution >= 4 is 22.2 Å². The van der Waals surface area contributed by atoms with Gasteiger partial charge in [-0.1, -0.05) is 12.1 Å². The van der Waals surface area contributed by atoms with E-state index in [1.54, 1.807) is 0 Å². The second kappa shape index (κ2) is 8.17. The minimum Gasteiger partial charge on any atom is -0.494 e. The van der Waals surface area contributed by atoms with Gasteiger partial charge in [0.25, 0.3) is 0 Å². The molecule has 0 fully saturated rings. The molecule has 2 N–H and O–H groups in total. The lowest BCUT2D eigenvalue weighted by molar-refractivity contribution is 0.232. The van der Waals surface area contributed by atoms with E-state index in [9.17, 15) is 13.2 Å². The third-order valence-electron chi connectivity index (χ3n) is 3.34. The number of guanidine groups is 1. The third-order valence-corrected chi connectivity index (χ3v) is 4.61. The van der Waals surface area contributed by atoms with Crippen LogP contribution in [0.4, 0.5) is 4.79 Å². The molecule has 1 aromatic carbocycles. The number of ether oxygens (including phenoxy) is 1. The maximum Gasteiger partial charge on any atom is 0.351 e. The molecule has 2 amide bonds. The summed E-state index contributed by atoms with van der Waals surface area (Å²) in [5, 5.41) is 5.13. The second-order valence-corrected chi connectivity index (χ2v) is 7.46. The van der Waals surface area contributed by atoms with Gasteiger partial charge in [0.1, 0.15) is 5.75 Å². The van der Waals surface area contributed by atoms with Gasteiger partial charge in [0.15, 0.2) is 0 Å². The molecule has 1 aliphatic rings. The van der Waals surface area contributed by atoms with Crippen molar-refractivity contribution in [1.29, 1.82) is 0 Å². The molecule has 1 aromatic rings. The highest BCUT2D eigenvalue weighted by Gasteiger charge is 2.29. The highest BCUT2D eigenvalue weighted by atomic mass is 32.2. The molecule has 0 aromatic heterocycles. The fourth-order valence-corrected chi connectivity index (χ4v) is 2.85. The average molecular weight is 369 g/mol. The van der Waals surface area contributed by atoms with Crippen molar-refractivity contribution in [1.82, 2.24) is 19.8 Å². The summed E-state index contributed by atoms with van der Waals surface area (Å²) in [5.41, 5.74) is 1.16. The Morgan fingerprint density at radius 3 is 2.80 bits per heavy atom. The fraction of sp³-hybridized carbons (Fsp3) is 0.467. The highest BCUT2D eigenvalue weighted by Crippen LogP contribution is 2.14. The van der Waals surface area contributed by atoms with Crippen LogP contribution in [0.2, 0.25) is 0 Å². The predicted molar refractivity (Wildman–Crippen MR) is 94.6 cm³/mol. The summed E-state index contributed by atoms with van der Waals surface area (Å²) in [7, 11) is 1.20. The Kier molecular flexibility index (Phi) is 6.21. The maximum absolute atomic E-state index is 11.6. The van der Waals surface area contributed by atoms with E-state index < -0.39 is 16.2 Å². The Balaban J connectivity index is 1.76. The standard InChI is InChI=1S/C15H23N5O4S/c1-19(2)11-12-6-4-7-13(10-12)24-9-5-8-16-14-17-15(21)20(3)25(22,23)18-14/h4,6-7,10H,5,8-9,11H2,1-3H3,(H2,16,17,18,21). The Morgan fingerprint density at radius 2 is 2.12 bits per heavy atom. The Labute approximate surface area is 147 Å². The average Bonchev–Trinajstić information content (AvgIpc) is 2.51. The quantitative estimate of drug-likeness (QED) is 0.673. The summed E-state index contributed by atoms with van der Waals surface area (Å²) in [4.78, 5) is 13.6. The van der Waals surface area contributed by atoms with Gasteiger partial charge in [0.2, 0.25) is 5.96 Å². The summed E-state index contributed by atoms with van der Waals surface area (Å²) >= 11 is 0. The Hall–Kier alpha value is -2.33. The van der Waals surface area contributed by atoms with Crippen molar-refractivity contribution in [2.45, 2.75) is 13.0 Å². The molecule has 138 valence electrons. The topological polar surface area (TPSA) is 103 Å². The normalized spacial score (nSPS) is 16.4. The molecule has 0 aliphatic carbocycles. The summed E-state index contributed by atoms with van der Waals surface area (Å²) in [6, 6.07) is 7.11. The van der Waals surface area contributed by atoms with E-state index in [0.29, 0.717) is 23.9 Å². The third kappa shape index (κ3) is 5.61. The molecule has 10 heteroatoms. The molecule has 0 unspecified atom stereocenters. The molecule has 9 nitrogen and oxygen atoms in total. The molecular weight excluding hydrogens is 346 g/mol. The van der Waals surface area contributed by atoms with Crippen molar-refractivity contribution in [3.8, 4) is 5.75 Å². The van der Waals surface area contributed by atoms with Crippen molar-refractivity contribution in [2.24, 2.45) is 4.40 Å². The summed E-state index contributed by atoms with van der Waals surface area (Å²) in [6.07, 6.45) is 0.614. The monoisotopic (exact) mass is 369 g/mol. The van der Waals surface area contributed by atoms with Gasteiger partial charge in [-0.2, -0.15) is 8.42 Å². The molecular formula is C15H23N5O4S. The number of hydrogen-bond donors (Lipinski definition) is 2. The van der Waals surface area contributed by atoms with Crippen LogP contribution in [-0.4, -0.2) is 63.9 Å². The number of carbonyl (C=O) groups excluding carboxylic acids is 1. The van der Waals surface area contributed by atoms with E-state index in [-0.39, 0.29) is 5.96 Å². The lowest BCUT2D eigenvalue weighted by Gasteiger charge is -2.22. The van der Waals surface area contributed by atoms with Gasteiger partial charge in [-0.15, -0.1) is 4.40 Å². The van der Waals surface area contributed by atoms with Gasteiger partial charge in [0.05, 0.1) is 6.61 Å². The molecule has 0 saturated heterocycles. The number of carbonyl (C=O) groups is 1. The lowest BCUT2D eigenvalue weighted by Crippen LogP contribution is -2.53. The van der Waals surface area contributed by atoms with Crippen molar-refractivity contribution in [3.05, 3.63) is 29.8 Å². The fourth-order valence-electron chi connectivity index (χ4n) is 2.13. The van der Waals surface area contributed by atoms with Gasteiger partial charge >= 0.3 is 16.2 Å². The molecule has 2 rings (SSSR count). The zero-order valence-electron chi connectivity index (χ0n) is 14.5. The first kappa shape index (κ1) is 19.0. The first-order chi connectivity index (χ1) is 11.8. The zero-order chi connectivity index (χ0) is 18.4.